The van der Waals surface area contributed by atoms with E-state index < -0.39 is 31.1 Å². The molecule has 0 bridgehead atoms. The van der Waals surface area contributed by atoms with Crippen LogP contribution in [-0.4, -0.2) is 49.8 Å². The van der Waals surface area contributed by atoms with Crippen LogP contribution in [0.4, 0.5) is 0 Å². The van der Waals surface area contributed by atoms with Gasteiger partial charge in [0.2, 0.25) is 0 Å². The molecule has 0 saturated carbocycles. The Balaban J connectivity index is 2.08. The highest BCUT2D eigenvalue weighted by Gasteiger charge is 2.43. The lowest BCUT2D eigenvalue weighted by molar-refractivity contribution is -0.0540. The maximum absolute atomic E-state index is 12.1. The average molecular weight is 336 g/mol. The summed E-state index contributed by atoms with van der Waals surface area (Å²) < 4.78 is 6.89. The summed E-state index contributed by atoms with van der Waals surface area (Å²) in [7, 11) is 0. The normalized spacial score (nSPS) is 27.3. The van der Waals surface area contributed by atoms with Crippen molar-refractivity contribution in [3.63, 3.8) is 0 Å². The van der Waals surface area contributed by atoms with Gasteiger partial charge in [0.15, 0.2) is 11.0 Å². The third-order valence-corrected chi connectivity index (χ3v) is 4.16. The molecule has 2 aromatic rings. The highest BCUT2D eigenvalue weighted by molar-refractivity contribution is 7.71. The summed E-state index contributed by atoms with van der Waals surface area (Å²) >= 11 is 5.12. The Bertz CT molecular complexity index is 804. The van der Waals surface area contributed by atoms with E-state index in [0.29, 0.717) is 11.1 Å². The van der Waals surface area contributed by atoms with E-state index in [0.717, 1.165) is 0 Å². The molecule has 1 aliphatic heterocycles. The summed E-state index contributed by atoms with van der Waals surface area (Å²) in [6.45, 7) is -0.434. The molecule has 1 aliphatic rings. The highest BCUT2D eigenvalue weighted by atomic mass is 32.1. The van der Waals surface area contributed by atoms with Crippen LogP contribution in [0.1, 0.15) is 6.23 Å². The van der Waals surface area contributed by atoms with Gasteiger partial charge in [-0.3, -0.25) is 14.3 Å². The molecule has 1 fully saturated rings. The lowest BCUT2D eigenvalue weighted by Gasteiger charge is -2.19. The Morgan fingerprint density at radius 1 is 1.22 bits per heavy atom. The van der Waals surface area contributed by atoms with Gasteiger partial charge in [-0.15, -0.1) is 0 Å². The molecule has 7 nitrogen and oxygen atoms in total. The Hall–Kier alpha value is -1.84. The second-order valence-electron chi connectivity index (χ2n) is 5.30. The average Bonchev–Trinajstić information content (AvgIpc) is 2.84. The molecule has 23 heavy (non-hydrogen) atoms. The van der Waals surface area contributed by atoms with E-state index in [1.165, 1.54) is 10.8 Å². The van der Waals surface area contributed by atoms with Crippen molar-refractivity contribution in [2.45, 2.75) is 24.5 Å². The zero-order chi connectivity index (χ0) is 16.6. The van der Waals surface area contributed by atoms with Crippen LogP contribution in [-0.2, 0) is 4.74 Å². The Morgan fingerprint density at radius 2 is 1.91 bits per heavy atom. The molecule has 2 heterocycles. The van der Waals surface area contributed by atoms with Gasteiger partial charge < -0.3 is 20.1 Å². The minimum absolute atomic E-state index is 0.0597. The van der Waals surface area contributed by atoms with Crippen molar-refractivity contribution in [1.29, 1.82) is 0 Å². The van der Waals surface area contributed by atoms with Crippen molar-refractivity contribution in [2.24, 2.45) is 0 Å². The lowest BCUT2D eigenvalue weighted by Crippen LogP contribution is -2.33. The number of H-pyrrole nitrogens is 1. The van der Waals surface area contributed by atoms with Gasteiger partial charge in [0, 0.05) is 6.20 Å². The standard InChI is InChI=1S/C15H16N2O5S/c18-7-10-11(19)12(20)14(22-10)17-6-9(13(21)16-15(17)23)8-4-2-1-3-5-8/h1-6,10-12,14,18-20H,7H2,(H,16,21,23)/t10-,11-,12-,14-/m1/s1. The predicted molar refractivity (Wildman–Crippen MR) is 84.3 cm³/mol. The summed E-state index contributed by atoms with van der Waals surface area (Å²) in [5, 5.41) is 29.2. The molecule has 8 heteroatoms. The first kappa shape index (κ1) is 16.0. The molecule has 4 atom stereocenters. The molecule has 0 amide bonds. The number of aromatic nitrogens is 2. The van der Waals surface area contributed by atoms with Crippen molar-refractivity contribution in [2.75, 3.05) is 6.61 Å². The monoisotopic (exact) mass is 336 g/mol. The molecule has 3 rings (SSSR count). The van der Waals surface area contributed by atoms with E-state index >= 15 is 0 Å². The minimum Gasteiger partial charge on any atom is -0.394 e. The number of ether oxygens (including phenoxy) is 1. The number of nitrogens with one attached hydrogen (secondary N) is 1. The fourth-order valence-corrected chi connectivity index (χ4v) is 2.86. The molecule has 1 aromatic carbocycles. The van der Waals surface area contributed by atoms with Gasteiger partial charge >= 0.3 is 0 Å². The van der Waals surface area contributed by atoms with Crippen molar-refractivity contribution in [1.82, 2.24) is 9.55 Å². The van der Waals surface area contributed by atoms with Crippen molar-refractivity contribution >= 4 is 12.2 Å². The summed E-state index contributed by atoms with van der Waals surface area (Å²) in [6, 6.07) is 8.98. The first-order valence-electron chi connectivity index (χ1n) is 7.06. The van der Waals surface area contributed by atoms with Crippen molar-refractivity contribution in [3.05, 3.63) is 51.7 Å². The van der Waals surface area contributed by atoms with Crippen LogP contribution in [0.3, 0.4) is 0 Å². The molecule has 1 aromatic heterocycles. The first-order chi connectivity index (χ1) is 11.0. The number of aliphatic hydroxyl groups excluding tert-OH is 3. The summed E-state index contributed by atoms with van der Waals surface area (Å²) in [6.07, 6.45) is -2.93. The van der Waals surface area contributed by atoms with E-state index in [-0.39, 0.29) is 10.3 Å². The second kappa shape index (κ2) is 6.34. The molecular weight excluding hydrogens is 320 g/mol. The second-order valence-corrected chi connectivity index (χ2v) is 5.69. The van der Waals surface area contributed by atoms with Gasteiger partial charge in [-0.05, 0) is 17.8 Å². The number of hydrogen-bond donors (Lipinski definition) is 4. The number of rotatable bonds is 3. The van der Waals surface area contributed by atoms with Gasteiger partial charge in [0.05, 0.1) is 12.2 Å². The summed E-state index contributed by atoms with van der Waals surface area (Å²) in [4.78, 5) is 14.7. The van der Waals surface area contributed by atoms with Gasteiger partial charge in [0.1, 0.15) is 18.3 Å². The van der Waals surface area contributed by atoms with E-state index in [1.54, 1.807) is 24.3 Å². The quantitative estimate of drug-likeness (QED) is 0.596. The van der Waals surface area contributed by atoms with Gasteiger partial charge in [-0.2, -0.15) is 0 Å². The SMILES string of the molecule is O=c1[nH]c(=S)n([C@@H]2O[C@H](CO)[C@@H](O)[C@H]2O)cc1-c1ccccc1. The van der Waals surface area contributed by atoms with E-state index in [1.807, 2.05) is 6.07 Å². The third-order valence-electron chi connectivity index (χ3n) is 3.84. The zero-order valence-electron chi connectivity index (χ0n) is 12.0. The number of nitrogens with zero attached hydrogens (tertiary/aromatic N) is 1. The number of aliphatic hydroxyl groups is 3. The van der Waals surface area contributed by atoms with Gasteiger partial charge in [-0.25, -0.2) is 0 Å². The van der Waals surface area contributed by atoms with E-state index in [2.05, 4.69) is 4.98 Å². The van der Waals surface area contributed by atoms with E-state index in [4.69, 9.17) is 17.0 Å². The summed E-state index contributed by atoms with van der Waals surface area (Å²) in [5.74, 6) is 0. The number of aromatic amines is 1. The first-order valence-corrected chi connectivity index (χ1v) is 7.47. The fraction of sp³-hybridized carbons (Fsp3) is 0.333. The van der Waals surface area contributed by atoms with Crippen LogP contribution in [0.15, 0.2) is 41.3 Å². The number of hydrogen-bond acceptors (Lipinski definition) is 6. The van der Waals surface area contributed by atoms with Gasteiger partial charge in [0.25, 0.3) is 5.56 Å². The topological polar surface area (TPSA) is 108 Å². The van der Waals surface area contributed by atoms with Crippen molar-refractivity contribution in [3.8, 4) is 11.1 Å². The molecule has 0 aliphatic carbocycles. The van der Waals surface area contributed by atoms with Crippen LogP contribution in [0, 0.1) is 4.77 Å². The molecule has 122 valence electrons. The molecule has 4 N–H and O–H groups in total. The molecule has 1 saturated heterocycles. The van der Waals surface area contributed by atoms with Crippen LogP contribution in [0.2, 0.25) is 0 Å². The third kappa shape index (κ3) is 2.87. The molecule has 0 spiro atoms. The smallest absolute Gasteiger partial charge is 0.259 e. The Labute approximate surface area is 136 Å². The minimum atomic E-state index is -1.27. The molecule has 0 radical (unpaired) electrons. The van der Waals surface area contributed by atoms with Crippen LogP contribution < -0.4 is 5.56 Å². The maximum Gasteiger partial charge on any atom is 0.259 e. The van der Waals surface area contributed by atoms with E-state index in [9.17, 15) is 20.1 Å². The summed E-state index contributed by atoms with van der Waals surface area (Å²) in [5.41, 5.74) is 0.686. The maximum atomic E-state index is 12.1. The van der Waals surface area contributed by atoms with Crippen LogP contribution in [0.25, 0.3) is 11.1 Å². The largest absolute Gasteiger partial charge is 0.394 e. The Morgan fingerprint density at radius 3 is 2.52 bits per heavy atom. The van der Waals surface area contributed by atoms with Crippen LogP contribution >= 0.6 is 12.2 Å². The van der Waals surface area contributed by atoms with Crippen molar-refractivity contribution < 1.29 is 20.1 Å². The Kier molecular flexibility index (Phi) is 4.42. The van der Waals surface area contributed by atoms with Crippen LogP contribution in [0.5, 0.6) is 0 Å². The predicted octanol–water partition coefficient (Wildman–Crippen LogP) is 0.184. The van der Waals surface area contributed by atoms with Gasteiger partial charge in [-0.1, -0.05) is 30.3 Å². The molecular formula is C15H16N2O5S. The number of benzene rings is 1. The molecule has 0 unspecified atom stereocenters. The zero-order valence-corrected chi connectivity index (χ0v) is 12.8. The highest BCUT2D eigenvalue weighted by Crippen LogP contribution is 2.30. The lowest BCUT2D eigenvalue weighted by atomic mass is 10.1. The fourth-order valence-electron chi connectivity index (χ4n) is 2.61.